The van der Waals surface area contributed by atoms with Crippen molar-refractivity contribution in [2.75, 3.05) is 18.2 Å². The molecular weight excluding hydrogens is 319 g/mol. The summed E-state index contributed by atoms with van der Waals surface area (Å²) in [7, 11) is 0. The first-order valence-corrected chi connectivity index (χ1v) is 7.70. The molecule has 2 rings (SSSR count). The normalized spacial score (nSPS) is 19.0. The van der Waals surface area contributed by atoms with E-state index in [1.807, 2.05) is 25.1 Å². The summed E-state index contributed by atoms with van der Waals surface area (Å²) >= 11 is 7.74. The van der Waals surface area contributed by atoms with Crippen LogP contribution >= 0.6 is 35.8 Å². The summed E-state index contributed by atoms with van der Waals surface area (Å²) in [5.74, 6) is 2.33. The van der Waals surface area contributed by atoms with E-state index in [1.54, 1.807) is 17.8 Å². The zero-order valence-corrected chi connectivity index (χ0v) is 13.5. The number of para-hydroxylation sites is 1. The molecule has 1 amide bonds. The highest BCUT2D eigenvalue weighted by Gasteiger charge is 2.22. The molecular formula is C13H18Cl2N2O2S. The molecule has 2 unspecified atom stereocenters. The van der Waals surface area contributed by atoms with Crippen molar-refractivity contribution in [2.45, 2.75) is 19.1 Å². The van der Waals surface area contributed by atoms with Crippen molar-refractivity contribution in [3.8, 4) is 5.75 Å². The van der Waals surface area contributed by atoms with Crippen molar-refractivity contribution < 1.29 is 9.53 Å². The molecule has 4 nitrogen and oxygen atoms in total. The lowest BCUT2D eigenvalue weighted by Gasteiger charge is -2.17. The van der Waals surface area contributed by atoms with Crippen LogP contribution in [-0.4, -0.2) is 36.2 Å². The van der Waals surface area contributed by atoms with Gasteiger partial charge >= 0.3 is 0 Å². The minimum absolute atomic E-state index is 0. The van der Waals surface area contributed by atoms with Crippen LogP contribution in [0.3, 0.4) is 0 Å². The molecule has 20 heavy (non-hydrogen) atoms. The Balaban J connectivity index is 0.00000200. The molecule has 112 valence electrons. The summed E-state index contributed by atoms with van der Waals surface area (Å²) in [4.78, 5) is 11.8. The Morgan fingerprint density at radius 3 is 3.00 bits per heavy atom. The van der Waals surface area contributed by atoms with Crippen LogP contribution in [0.4, 0.5) is 0 Å². The third kappa shape index (κ3) is 5.05. The van der Waals surface area contributed by atoms with Gasteiger partial charge in [-0.3, -0.25) is 10.1 Å². The van der Waals surface area contributed by atoms with Crippen LogP contribution in [0.1, 0.15) is 6.92 Å². The molecule has 0 radical (unpaired) electrons. The average molecular weight is 337 g/mol. The number of hydrogen-bond donors (Lipinski definition) is 2. The van der Waals surface area contributed by atoms with E-state index in [2.05, 4.69) is 10.6 Å². The Kier molecular flexibility index (Phi) is 7.51. The molecule has 1 fully saturated rings. The standard InChI is InChI=1S/C13H17ClN2O2S.ClH/c1-9(18-12-5-3-2-4-10(12)14)6-15-13(17)11-7-19-8-16-11;/h2-5,9,11,16H,6-8H2,1H3,(H,15,17);1H. The van der Waals surface area contributed by atoms with E-state index >= 15 is 0 Å². The molecule has 0 spiro atoms. The minimum atomic E-state index is -0.127. The molecule has 1 aliphatic heterocycles. The first-order valence-electron chi connectivity index (χ1n) is 6.17. The molecule has 2 atom stereocenters. The van der Waals surface area contributed by atoms with Gasteiger partial charge in [-0.1, -0.05) is 23.7 Å². The second kappa shape index (κ2) is 8.62. The van der Waals surface area contributed by atoms with Crippen LogP contribution in [0.2, 0.25) is 5.02 Å². The van der Waals surface area contributed by atoms with Crippen LogP contribution in [0.25, 0.3) is 0 Å². The highest BCUT2D eigenvalue weighted by atomic mass is 35.5. The van der Waals surface area contributed by atoms with Crippen molar-refractivity contribution in [3.63, 3.8) is 0 Å². The van der Waals surface area contributed by atoms with Crippen molar-refractivity contribution in [1.29, 1.82) is 0 Å². The summed E-state index contributed by atoms with van der Waals surface area (Å²) < 4.78 is 5.69. The van der Waals surface area contributed by atoms with Crippen molar-refractivity contribution in [3.05, 3.63) is 29.3 Å². The second-order valence-corrected chi connectivity index (χ2v) is 5.81. The van der Waals surface area contributed by atoms with Gasteiger partial charge in [0.15, 0.2) is 0 Å². The first-order chi connectivity index (χ1) is 9.16. The lowest BCUT2D eigenvalue weighted by atomic mass is 10.3. The molecule has 1 heterocycles. The molecule has 1 aromatic carbocycles. The molecule has 1 aromatic rings. The van der Waals surface area contributed by atoms with E-state index in [0.29, 0.717) is 17.3 Å². The summed E-state index contributed by atoms with van der Waals surface area (Å²) in [6.45, 7) is 2.37. The zero-order chi connectivity index (χ0) is 13.7. The lowest BCUT2D eigenvalue weighted by molar-refractivity contribution is -0.122. The maximum Gasteiger partial charge on any atom is 0.238 e. The van der Waals surface area contributed by atoms with Gasteiger partial charge in [-0.15, -0.1) is 24.2 Å². The van der Waals surface area contributed by atoms with Gasteiger partial charge in [0.1, 0.15) is 11.9 Å². The highest BCUT2D eigenvalue weighted by molar-refractivity contribution is 7.99. The van der Waals surface area contributed by atoms with E-state index in [4.69, 9.17) is 16.3 Å². The Morgan fingerprint density at radius 2 is 2.35 bits per heavy atom. The number of halogens is 2. The zero-order valence-electron chi connectivity index (χ0n) is 11.1. The van der Waals surface area contributed by atoms with E-state index in [0.717, 1.165) is 11.6 Å². The highest BCUT2D eigenvalue weighted by Crippen LogP contribution is 2.24. The molecule has 0 bridgehead atoms. The molecule has 2 N–H and O–H groups in total. The van der Waals surface area contributed by atoms with E-state index in [1.165, 1.54) is 0 Å². The van der Waals surface area contributed by atoms with Gasteiger partial charge in [0.25, 0.3) is 0 Å². The van der Waals surface area contributed by atoms with Crippen LogP contribution in [0.15, 0.2) is 24.3 Å². The number of carbonyl (C=O) groups excluding carboxylic acids is 1. The summed E-state index contributed by atoms with van der Waals surface area (Å²) in [6, 6.07) is 7.23. The van der Waals surface area contributed by atoms with Crippen molar-refractivity contribution in [2.24, 2.45) is 0 Å². The summed E-state index contributed by atoms with van der Waals surface area (Å²) in [5, 5.41) is 6.59. The quantitative estimate of drug-likeness (QED) is 0.866. The van der Waals surface area contributed by atoms with Crippen molar-refractivity contribution in [1.82, 2.24) is 10.6 Å². The average Bonchev–Trinajstić information content (AvgIpc) is 2.93. The van der Waals surface area contributed by atoms with Crippen LogP contribution in [-0.2, 0) is 4.79 Å². The number of carbonyl (C=O) groups is 1. The fourth-order valence-corrected chi connectivity index (χ4v) is 2.85. The van der Waals surface area contributed by atoms with Crippen molar-refractivity contribution >= 4 is 41.7 Å². The van der Waals surface area contributed by atoms with Gasteiger partial charge in [-0.25, -0.2) is 0 Å². The number of thioether (sulfide) groups is 1. The molecule has 1 saturated heterocycles. The third-order valence-corrected chi connectivity index (χ3v) is 4.01. The van der Waals surface area contributed by atoms with Gasteiger partial charge in [-0.2, -0.15) is 0 Å². The molecule has 0 aliphatic carbocycles. The number of nitrogens with one attached hydrogen (secondary N) is 2. The first kappa shape index (κ1) is 17.4. The molecule has 1 aliphatic rings. The molecule has 0 aromatic heterocycles. The van der Waals surface area contributed by atoms with E-state index < -0.39 is 0 Å². The second-order valence-electron chi connectivity index (χ2n) is 4.38. The Labute approximate surface area is 134 Å². The number of hydrogen-bond acceptors (Lipinski definition) is 4. The van der Waals surface area contributed by atoms with Gasteiger partial charge in [0, 0.05) is 11.6 Å². The maximum absolute atomic E-state index is 11.8. The SMILES string of the molecule is CC(CNC(=O)C1CSCN1)Oc1ccccc1Cl.Cl. The van der Waals surface area contributed by atoms with E-state index in [9.17, 15) is 4.79 Å². The number of rotatable bonds is 5. The summed E-state index contributed by atoms with van der Waals surface area (Å²) in [5.41, 5.74) is 0. The smallest absolute Gasteiger partial charge is 0.238 e. The predicted octanol–water partition coefficient (Wildman–Crippen LogP) is 2.31. The lowest BCUT2D eigenvalue weighted by Crippen LogP contribution is -2.44. The monoisotopic (exact) mass is 336 g/mol. The van der Waals surface area contributed by atoms with Gasteiger partial charge in [0.2, 0.25) is 5.91 Å². The van der Waals surface area contributed by atoms with E-state index in [-0.39, 0.29) is 30.5 Å². The van der Waals surface area contributed by atoms with Gasteiger partial charge < -0.3 is 10.1 Å². The predicted molar refractivity (Wildman–Crippen MR) is 86.0 cm³/mol. The Hall–Kier alpha value is -0.620. The third-order valence-electron chi connectivity index (χ3n) is 2.76. The fraction of sp³-hybridized carbons (Fsp3) is 0.462. The maximum atomic E-state index is 11.8. The largest absolute Gasteiger partial charge is 0.487 e. The van der Waals surface area contributed by atoms with Crippen LogP contribution in [0.5, 0.6) is 5.75 Å². The topological polar surface area (TPSA) is 50.4 Å². The fourth-order valence-electron chi connectivity index (χ4n) is 1.73. The van der Waals surface area contributed by atoms with Gasteiger partial charge in [0.05, 0.1) is 17.6 Å². The number of amides is 1. The van der Waals surface area contributed by atoms with Gasteiger partial charge in [-0.05, 0) is 19.1 Å². The summed E-state index contributed by atoms with van der Waals surface area (Å²) in [6.07, 6.45) is -0.127. The molecule has 7 heteroatoms. The number of ether oxygens (including phenoxy) is 1. The van der Waals surface area contributed by atoms with Crippen LogP contribution < -0.4 is 15.4 Å². The Bertz CT molecular complexity index is 442. The number of benzene rings is 1. The van der Waals surface area contributed by atoms with Crippen LogP contribution in [0, 0.1) is 0 Å². The minimum Gasteiger partial charge on any atom is -0.487 e. The Morgan fingerprint density at radius 1 is 1.60 bits per heavy atom. The molecule has 0 saturated carbocycles.